The molecule has 3 aromatic rings. The predicted molar refractivity (Wildman–Crippen MR) is 132 cm³/mol. The minimum Gasteiger partial charge on any atom is -0.352 e. The molecular weight excluding hydrogens is 464 g/mol. The third-order valence-electron chi connectivity index (χ3n) is 5.58. The summed E-state index contributed by atoms with van der Waals surface area (Å²) in [6, 6.07) is 19.9. The molecule has 0 heterocycles. The number of Topliss-reactive ketones (excluding diaryl/α,β-unsaturated/α-hetero) is 2. The Morgan fingerprint density at radius 3 is 2.11 bits per heavy atom. The van der Waals surface area contributed by atoms with E-state index in [4.69, 9.17) is 4.84 Å². The average Bonchev–Trinajstić information content (AvgIpc) is 2.86. The molecule has 0 saturated heterocycles. The van der Waals surface area contributed by atoms with Gasteiger partial charge in [-0.1, -0.05) is 77.5 Å². The first-order valence-electron chi connectivity index (χ1n) is 10.7. The lowest BCUT2D eigenvalue weighted by atomic mass is 9.93. The van der Waals surface area contributed by atoms with Gasteiger partial charge < -0.3 is 4.84 Å². The van der Waals surface area contributed by atoms with E-state index in [1.807, 2.05) is 19.1 Å². The van der Waals surface area contributed by atoms with E-state index in [9.17, 15) is 18.0 Å². The maximum Gasteiger partial charge on any atom is 0.282 e. The Morgan fingerprint density at radius 2 is 1.37 bits per heavy atom. The molecule has 0 N–H and O–H groups in total. The predicted octanol–water partition coefficient (Wildman–Crippen LogP) is 4.54. The minimum absolute atomic E-state index is 0.0158. The molecule has 5 rings (SSSR count). The normalized spacial score (nSPS) is 17.2. The lowest BCUT2D eigenvalue weighted by Gasteiger charge is -2.16. The molecule has 0 bridgehead atoms. The number of carbonyl (C=O) groups is 2. The molecule has 0 atom stereocenters. The summed E-state index contributed by atoms with van der Waals surface area (Å²) in [6.45, 7) is 1.85. The number of hydrogen-bond acceptors (Lipinski definition) is 6. The van der Waals surface area contributed by atoms with Crippen molar-refractivity contribution in [2.75, 3.05) is 0 Å². The number of nitrogens with zero attached hydrogens (tertiary/aromatic N) is 2. The number of allylic oxidation sites excluding steroid dienone is 3. The smallest absolute Gasteiger partial charge is 0.282 e. The topological polar surface area (TPSA) is 102 Å². The second-order valence-corrected chi connectivity index (χ2v) is 9.57. The number of sulfonamides is 1. The van der Waals surface area contributed by atoms with Crippen molar-refractivity contribution in [2.24, 2.45) is 9.55 Å². The Labute approximate surface area is 201 Å². The molecule has 3 aromatic carbocycles. The fourth-order valence-corrected chi connectivity index (χ4v) is 4.74. The van der Waals surface area contributed by atoms with Crippen molar-refractivity contribution >= 4 is 39.1 Å². The van der Waals surface area contributed by atoms with Gasteiger partial charge in [0.1, 0.15) is 0 Å². The van der Waals surface area contributed by atoms with Crippen molar-refractivity contribution in [3.05, 3.63) is 119 Å². The van der Waals surface area contributed by atoms with Crippen LogP contribution in [-0.4, -0.2) is 31.4 Å². The molecule has 172 valence electrons. The van der Waals surface area contributed by atoms with Crippen LogP contribution in [0.15, 0.2) is 105 Å². The molecule has 7 nitrogen and oxygen atoms in total. The highest BCUT2D eigenvalue weighted by atomic mass is 32.2. The first-order valence-corrected chi connectivity index (χ1v) is 12.1. The van der Waals surface area contributed by atoms with Gasteiger partial charge in [-0.2, -0.15) is 12.8 Å². The molecule has 8 heteroatoms. The molecule has 0 radical (unpaired) electrons. The zero-order valence-corrected chi connectivity index (χ0v) is 19.3. The fraction of sp³-hybridized carbons (Fsp3) is 0.0370. The molecule has 0 aromatic heterocycles. The van der Waals surface area contributed by atoms with Crippen LogP contribution in [0.4, 0.5) is 0 Å². The van der Waals surface area contributed by atoms with Gasteiger partial charge in [-0.05, 0) is 30.7 Å². The molecule has 0 fully saturated rings. The maximum atomic E-state index is 13.0. The summed E-state index contributed by atoms with van der Waals surface area (Å²) >= 11 is 0. The van der Waals surface area contributed by atoms with Crippen LogP contribution in [0.3, 0.4) is 0 Å². The molecule has 0 saturated carbocycles. The SMILES string of the molecule is Cc1ccc(S(=O)(=O)N=C2C=C(O/N=C3\C=Cc4ccccc4C3=O)C(=O)c3ccccc32)cc1. The summed E-state index contributed by atoms with van der Waals surface area (Å²) in [4.78, 5) is 31.2. The number of carbonyl (C=O) groups excluding carboxylic acids is 2. The Morgan fingerprint density at radius 1 is 0.714 bits per heavy atom. The van der Waals surface area contributed by atoms with E-state index in [0.717, 1.165) is 11.1 Å². The number of oxime groups is 1. The number of benzene rings is 3. The van der Waals surface area contributed by atoms with Gasteiger partial charge in [0.15, 0.2) is 5.71 Å². The van der Waals surface area contributed by atoms with Gasteiger partial charge in [0.2, 0.25) is 17.3 Å². The van der Waals surface area contributed by atoms with Crippen LogP contribution in [0.5, 0.6) is 0 Å². The van der Waals surface area contributed by atoms with Crippen LogP contribution < -0.4 is 0 Å². The Balaban J connectivity index is 1.53. The van der Waals surface area contributed by atoms with Gasteiger partial charge in [-0.15, -0.1) is 0 Å². The molecule has 2 aliphatic rings. The van der Waals surface area contributed by atoms with E-state index < -0.39 is 15.8 Å². The van der Waals surface area contributed by atoms with Crippen LogP contribution in [0.2, 0.25) is 0 Å². The molecule has 0 spiro atoms. The van der Waals surface area contributed by atoms with E-state index in [0.29, 0.717) is 11.1 Å². The molecule has 2 aliphatic carbocycles. The lowest BCUT2D eigenvalue weighted by molar-refractivity contribution is 0.0916. The van der Waals surface area contributed by atoms with E-state index in [2.05, 4.69) is 9.55 Å². The highest BCUT2D eigenvalue weighted by Gasteiger charge is 2.28. The van der Waals surface area contributed by atoms with Crippen LogP contribution in [0, 0.1) is 6.92 Å². The quantitative estimate of drug-likeness (QED) is 0.508. The minimum atomic E-state index is -4.06. The van der Waals surface area contributed by atoms with E-state index in [-0.39, 0.29) is 33.4 Å². The van der Waals surface area contributed by atoms with Gasteiger partial charge >= 0.3 is 0 Å². The number of rotatable bonds is 4. The zero-order valence-electron chi connectivity index (χ0n) is 18.5. The second-order valence-electron chi connectivity index (χ2n) is 7.97. The van der Waals surface area contributed by atoms with Crippen LogP contribution in [-0.2, 0) is 14.9 Å². The Bertz CT molecular complexity index is 1610. The highest BCUT2D eigenvalue weighted by Crippen LogP contribution is 2.25. The summed E-state index contributed by atoms with van der Waals surface area (Å²) in [6.07, 6.45) is 4.46. The van der Waals surface area contributed by atoms with Gasteiger partial charge in [0.05, 0.1) is 10.6 Å². The van der Waals surface area contributed by atoms with E-state index >= 15 is 0 Å². The van der Waals surface area contributed by atoms with Gasteiger partial charge in [-0.3, -0.25) is 9.59 Å². The van der Waals surface area contributed by atoms with Crippen molar-refractivity contribution < 1.29 is 22.8 Å². The molecule has 35 heavy (non-hydrogen) atoms. The maximum absolute atomic E-state index is 13.0. The molecule has 0 aliphatic heterocycles. The van der Waals surface area contributed by atoms with Crippen molar-refractivity contribution in [1.29, 1.82) is 0 Å². The van der Waals surface area contributed by atoms with Crippen molar-refractivity contribution in [3.8, 4) is 0 Å². The first-order chi connectivity index (χ1) is 16.8. The number of hydrogen-bond donors (Lipinski definition) is 0. The van der Waals surface area contributed by atoms with E-state index in [1.54, 1.807) is 54.6 Å². The summed E-state index contributed by atoms with van der Waals surface area (Å²) in [7, 11) is -4.06. The monoisotopic (exact) mass is 482 g/mol. The summed E-state index contributed by atoms with van der Waals surface area (Å²) in [5.41, 5.74) is 2.77. The standard InChI is InChI=1S/C27H18N2O5S/c1-17-10-13-19(14-11-17)35(32,33)29-24-16-25(27(31)22-9-5-4-8-21(22)24)34-28-23-15-12-18-6-2-3-7-20(18)26(23)30/h2-16H,1H3/b28-23+,29-24?. The average molecular weight is 483 g/mol. The summed E-state index contributed by atoms with van der Waals surface area (Å²) in [5, 5.41) is 3.90. The summed E-state index contributed by atoms with van der Waals surface area (Å²) in [5.74, 6) is -1.08. The van der Waals surface area contributed by atoms with Crippen LogP contribution >= 0.6 is 0 Å². The third kappa shape index (κ3) is 4.27. The van der Waals surface area contributed by atoms with Gasteiger partial charge in [-0.25, -0.2) is 0 Å². The van der Waals surface area contributed by atoms with Gasteiger partial charge in [0, 0.05) is 22.8 Å². The molecule has 0 unspecified atom stereocenters. The first kappa shape index (κ1) is 22.4. The zero-order chi connectivity index (χ0) is 24.6. The third-order valence-corrected chi connectivity index (χ3v) is 6.88. The van der Waals surface area contributed by atoms with Crippen molar-refractivity contribution in [3.63, 3.8) is 0 Å². The lowest BCUT2D eigenvalue weighted by Crippen LogP contribution is -2.21. The second kappa shape index (κ2) is 8.73. The van der Waals surface area contributed by atoms with E-state index in [1.165, 1.54) is 24.3 Å². The summed E-state index contributed by atoms with van der Waals surface area (Å²) < 4.78 is 29.9. The molecular formula is C27H18N2O5S. The largest absolute Gasteiger partial charge is 0.352 e. The Hall–Kier alpha value is -4.43. The van der Waals surface area contributed by atoms with Crippen LogP contribution in [0.1, 0.15) is 37.4 Å². The number of ketones is 2. The number of fused-ring (bicyclic) bond motifs is 2. The number of aryl methyl sites for hydroxylation is 1. The fourth-order valence-electron chi connectivity index (χ4n) is 3.74. The van der Waals surface area contributed by atoms with Crippen LogP contribution in [0.25, 0.3) is 6.08 Å². The highest BCUT2D eigenvalue weighted by molar-refractivity contribution is 7.90. The molecule has 0 amide bonds. The van der Waals surface area contributed by atoms with Crippen molar-refractivity contribution in [1.82, 2.24) is 0 Å². The Kier molecular flexibility index (Phi) is 5.58. The van der Waals surface area contributed by atoms with Crippen molar-refractivity contribution in [2.45, 2.75) is 11.8 Å². The van der Waals surface area contributed by atoms with Gasteiger partial charge in [0.25, 0.3) is 10.0 Å².